The molecule has 1 aromatic carbocycles. The fourth-order valence-electron chi connectivity index (χ4n) is 2.46. The molecule has 1 unspecified atom stereocenters. The molecule has 21 heavy (non-hydrogen) atoms. The Morgan fingerprint density at radius 2 is 2.10 bits per heavy atom. The fourth-order valence-corrected chi connectivity index (χ4v) is 2.46. The molecule has 0 fully saturated rings. The highest BCUT2D eigenvalue weighted by Crippen LogP contribution is 2.11. The molecule has 0 aliphatic heterocycles. The Morgan fingerprint density at radius 3 is 2.76 bits per heavy atom. The second-order valence-corrected chi connectivity index (χ2v) is 5.40. The number of rotatable bonds is 6. The van der Waals surface area contributed by atoms with Crippen molar-refractivity contribution in [2.75, 3.05) is 6.54 Å². The summed E-state index contributed by atoms with van der Waals surface area (Å²) in [5, 5.41) is 6.23. The van der Waals surface area contributed by atoms with E-state index < -0.39 is 0 Å². The van der Waals surface area contributed by atoms with Gasteiger partial charge in [0.25, 0.3) is 5.56 Å². The van der Waals surface area contributed by atoms with Crippen molar-refractivity contribution in [3.63, 3.8) is 0 Å². The Morgan fingerprint density at radius 1 is 1.33 bits per heavy atom. The minimum Gasteiger partial charge on any atom is -0.336 e. The zero-order valence-corrected chi connectivity index (χ0v) is 12.7. The molecule has 0 aliphatic carbocycles. The van der Waals surface area contributed by atoms with E-state index in [0.29, 0.717) is 23.4 Å². The molecule has 1 atom stereocenters. The third-order valence-electron chi connectivity index (χ3n) is 3.88. The van der Waals surface area contributed by atoms with Crippen LogP contribution in [0.15, 0.2) is 29.1 Å². The first-order chi connectivity index (χ1) is 10.2. The van der Waals surface area contributed by atoms with Crippen molar-refractivity contribution in [2.24, 2.45) is 5.92 Å². The molecule has 0 bridgehead atoms. The molecule has 1 heterocycles. The van der Waals surface area contributed by atoms with E-state index in [9.17, 15) is 9.59 Å². The summed E-state index contributed by atoms with van der Waals surface area (Å²) in [4.78, 5) is 24.3. The first-order valence-electron chi connectivity index (χ1n) is 7.65. The smallest absolute Gasteiger partial charge is 0.336 e. The lowest BCUT2D eigenvalue weighted by Gasteiger charge is -2.14. The van der Waals surface area contributed by atoms with Crippen molar-refractivity contribution in [1.82, 2.24) is 15.1 Å². The molecule has 2 rings (SSSR count). The third kappa shape index (κ3) is 3.54. The number of H-pyrrole nitrogens is 1. The molecular formula is C16H23N3O2. The Kier molecular flexibility index (Phi) is 5.20. The van der Waals surface area contributed by atoms with Gasteiger partial charge in [-0.2, -0.15) is 4.68 Å². The lowest BCUT2D eigenvalue weighted by atomic mass is 9.99. The Hall–Kier alpha value is -2.04. The van der Waals surface area contributed by atoms with Gasteiger partial charge in [0.15, 0.2) is 0 Å². The van der Waals surface area contributed by atoms with Crippen LogP contribution in [0.1, 0.15) is 39.5 Å². The average molecular weight is 289 g/mol. The number of para-hydroxylation sites is 1. The summed E-state index contributed by atoms with van der Waals surface area (Å²) in [5.74, 6) is 0.467. The van der Waals surface area contributed by atoms with Crippen LogP contribution in [0.2, 0.25) is 0 Å². The molecule has 0 aliphatic rings. The van der Waals surface area contributed by atoms with Gasteiger partial charge in [0.1, 0.15) is 0 Å². The van der Waals surface area contributed by atoms with E-state index in [-0.39, 0.29) is 11.6 Å². The van der Waals surface area contributed by atoms with Crippen molar-refractivity contribution in [2.45, 2.75) is 39.5 Å². The maximum absolute atomic E-state index is 12.1. The van der Waals surface area contributed by atoms with E-state index in [1.54, 1.807) is 18.2 Å². The van der Waals surface area contributed by atoms with E-state index in [2.05, 4.69) is 24.3 Å². The number of amides is 1. The number of fused-ring (bicyclic) bond motifs is 1. The van der Waals surface area contributed by atoms with E-state index in [1.807, 2.05) is 6.07 Å². The number of carbonyl (C=O) groups is 1. The highest BCUT2D eigenvalue weighted by Gasteiger charge is 2.14. The molecule has 114 valence electrons. The molecule has 2 N–H and O–H groups in total. The van der Waals surface area contributed by atoms with E-state index in [4.69, 9.17) is 0 Å². The summed E-state index contributed by atoms with van der Waals surface area (Å²) in [5.41, 5.74) is 0.375. The van der Waals surface area contributed by atoms with Crippen molar-refractivity contribution < 1.29 is 4.79 Å². The molecule has 2 aromatic rings. The van der Waals surface area contributed by atoms with Gasteiger partial charge in [-0.25, -0.2) is 4.79 Å². The number of aromatic amines is 1. The Bertz CT molecular complexity index is 657. The molecular weight excluding hydrogens is 266 g/mol. The van der Waals surface area contributed by atoms with Crippen molar-refractivity contribution in [3.05, 3.63) is 34.6 Å². The molecule has 5 heteroatoms. The van der Waals surface area contributed by atoms with Gasteiger partial charge in [0, 0.05) is 6.54 Å². The predicted octanol–water partition coefficient (Wildman–Crippen LogP) is 3.10. The first kappa shape index (κ1) is 15.4. The summed E-state index contributed by atoms with van der Waals surface area (Å²) in [6.07, 6.45) is 4.46. The Labute approximate surface area is 124 Å². The van der Waals surface area contributed by atoms with Crippen LogP contribution in [-0.4, -0.2) is 22.4 Å². The average Bonchev–Trinajstić information content (AvgIpc) is 2.85. The molecule has 0 spiro atoms. The number of aromatic nitrogens is 2. The monoisotopic (exact) mass is 289 g/mol. The van der Waals surface area contributed by atoms with Gasteiger partial charge in [-0.3, -0.25) is 9.89 Å². The minimum atomic E-state index is -0.383. The number of unbranched alkanes of at least 4 members (excludes halogenated alkanes) is 1. The summed E-state index contributed by atoms with van der Waals surface area (Å²) < 4.78 is 1.05. The van der Waals surface area contributed by atoms with Crippen LogP contribution in [0.5, 0.6) is 0 Å². The zero-order valence-electron chi connectivity index (χ0n) is 12.7. The second-order valence-electron chi connectivity index (χ2n) is 5.40. The standard InChI is InChI=1S/C16H23N3O2/c1-3-5-8-12(4-2)11-17-16(21)19-15(20)13-9-6-7-10-14(13)18-19/h6-7,9-10,12,18H,3-5,8,11H2,1-2H3,(H,17,21). The summed E-state index contributed by atoms with van der Waals surface area (Å²) in [6, 6.07) is 6.74. The maximum Gasteiger partial charge on any atom is 0.343 e. The van der Waals surface area contributed by atoms with Crippen LogP contribution in [0, 0.1) is 5.92 Å². The highest BCUT2D eigenvalue weighted by atomic mass is 16.2. The van der Waals surface area contributed by atoms with E-state index in [0.717, 1.165) is 23.9 Å². The number of hydrogen-bond donors (Lipinski definition) is 2. The second kappa shape index (κ2) is 7.11. The molecule has 5 nitrogen and oxygen atoms in total. The van der Waals surface area contributed by atoms with Crippen molar-refractivity contribution in [1.29, 1.82) is 0 Å². The summed E-state index contributed by atoms with van der Waals surface area (Å²) in [7, 11) is 0. The number of benzene rings is 1. The first-order valence-corrected chi connectivity index (χ1v) is 7.65. The van der Waals surface area contributed by atoms with Crippen LogP contribution in [0.25, 0.3) is 10.9 Å². The molecule has 1 aromatic heterocycles. The quantitative estimate of drug-likeness (QED) is 0.858. The number of nitrogens with zero attached hydrogens (tertiary/aromatic N) is 1. The van der Waals surface area contributed by atoms with Crippen molar-refractivity contribution in [3.8, 4) is 0 Å². The normalized spacial score (nSPS) is 12.5. The fraction of sp³-hybridized carbons (Fsp3) is 0.500. The van der Waals surface area contributed by atoms with Crippen molar-refractivity contribution >= 4 is 16.9 Å². The molecule has 0 saturated heterocycles. The van der Waals surface area contributed by atoms with Crippen LogP contribution < -0.4 is 10.9 Å². The number of hydrogen-bond acceptors (Lipinski definition) is 2. The number of nitrogens with one attached hydrogen (secondary N) is 2. The highest BCUT2D eigenvalue weighted by molar-refractivity contribution is 5.84. The third-order valence-corrected chi connectivity index (χ3v) is 3.88. The van der Waals surface area contributed by atoms with Gasteiger partial charge >= 0.3 is 6.03 Å². The van der Waals surface area contributed by atoms with E-state index in [1.165, 1.54) is 6.42 Å². The maximum atomic E-state index is 12.1. The summed E-state index contributed by atoms with van der Waals surface area (Å²) >= 11 is 0. The van der Waals surface area contributed by atoms with Gasteiger partial charge in [-0.15, -0.1) is 0 Å². The topological polar surface area (TPSA) is 66.9 Å². The molecule has 0 saturated carbocycles. The molecule has 0 radical (unpaired) electrons. The van der Waals surface area contributed by atoms with Crippen LogP contribution in [-0.2, 0) is 0 Å². The van der Waals surface area contributed by atoms with Crippen LogP contribution in [0.4, 0.5) is 4.79 Å². The van der Waals surface area contributed by atoms with Gasteiger partial charge < -0.3 is 5.32 Å². The summed E-state index contributed by atoms with van der Waals surface area (Å²) in [6.45, 7) is 4.90. The predicted molar refractivity (Wildman–Crippen MR) is 84.7 cm³/mol. The van der Waals surface area contributed by atoms with Gasteiger partial charge in [-0.1, -0.05) is 45.2 Å². The zero-order chi connectivity index (χ0) is 15.2. The van der Waals surface area contributed by atoms with Crippen LogP contribution >= 0.6 is 0 Å². The van der Waals surface area contributed by atoms with Gasteiger partial charge in [0.05, 0.1) is 10.9 Å². The largest absolute Gasteiger partial charge is 0.343 e. The van der Waals surface area contributed by atoms with Crippen LogP contribution in [0.3, 0.4) is 0 Å². The minimum absolute atomic E-state index is 0.301. The van der Waals surface area contributed by atoms with Gasteiger partial charge in [0.2, 0.25) is 0 Å². The Balaban J connectivity index is 2.05. The number of carbonyl (C=O) groups excluding carboxylic acids is 1. The van der Waals surface area contributed by atoms with Gasteiger partial charge in [-0.05, 0) is 24.5 Å². The SMILES string of the molecule is CCCCC(CC)CNC(=O)n1[nH]c2ccccc2c1=O. The lowest BCUT2D eigenvalue weighted by molar-refractivity contribution is 0.236. The lowest BCUT2D eigenvalue weighted by Crippen LogP contribution is -2.37. The van der Waals surface area contributed by atoms with E-state index >= 15 is 0 Å². The molecule has 1 amide bonds.